The zero-order chi connectivity index (χ0) is 15.1. The van der Waals surface area contributed by atoms with E-state index >= 15 is 0 Å². The van der Waals surface area contributed by atoms with Crippen LogP contribution in [-0.4, -0.2) is 49.6 Å². The van der Waals surface area contributed by atoms with E-state index in [1.165, 1.54) is 5.56 Å². The molecule has 1 aromatic carbocycles. The Morgan fingerprint density at radius 1 is 1.19 bits per heavy atom. The molecule has 0 aliphatic carbocycles. The summed E-state index contributed by atoms with van der Waals surface area (Å²) in [6.45, 7) is 4.48. The second-order valence-corrected chi connectivity index (χ2v) is 5.26. The highest BCUT2D eigenvalue weighted by Gasteiger charge is 2.16. The van der Waals surface area contributed by atoms with Gasteiger partial charge in [-0.1, -0.05) is 29.8 Å². The van der Waals surface area contributed by atoms with E-state index in [4.69, 9.17) is 4.74 Å². The number of carbonyl (C=O) groups is 2. The number of hydrogen-bond donors (Lipinski definition) is 1. The second kappa shape index (κ2) is 7.78. The maximum absolute atomic E-state index is 11.9. The van der Waals surface area contributed by atoms with Crippen molar-refractivity contribution in [2.24, 2.45) is 0 Å². The number of benzene rings is 1. The molecule has 1 aromatic rings. The molecule has 0 bridgehead atoms. The molecule has 1 heterocycles. The molecule has 1 N–H and O–H groups in total. The Hall–Kier alpha value is -1.88. The van der Waals surface area contributed by atoms with Crippen LogP contribution in [0.25, 0.3) is 0 Å². The number of rotatable bonds is 5. The number of morpholine rings is 1. The Morgan fingerprint density at radius 2 is 1.86 bits per heavy atom. The standard InChI is InChI=1S/C16H22N2O3/c1-13-2-4-14(5-3-13)6-7-15(19)17-12-16(20)18-8-10-21-11-9-18/h2-5H,6-12H2,1H3,(H,17,19). The number of hydrogen-bond acceptors (Lipinski definition) is 3. The van der Waals surface area contributed by atoms with Gasteiger partial charge in [0.2, 0.25) is 11.8 Å². The summed E-state index contributed by atoms with van der Waals surface area (Å²) >= 11 is 0. The first-order valence-electron chi connectivity index (χ1n) is 7.33. The van der Waals surface area contributed by atoms with Crippen LogP contribution in [0, 0.1) is 6.92 Å². The molecule has 2 rings (SSSR count). The molecule has 1 aliphatic heterocycles. The summed E-state index contributed by atoms with van der Waals surface area (Å²) in [6.07, 6.45) is 1.09. The third kappa shape index (κ3) is 5.19. The molecular weight excluding hydrogens is 268 g/mol. The number of nitrogens with one attached hydrogen (secondary N) is 1. The summed E-state index contributed by atoms with van der Waals surface area (Å²) in [6, 6.07) is 8.13. The van der Waals surface area contributed by atoms with E-state index in [1.807, 2.05) is 31.2 Å². The van der Waals surface area contributed by atoms with Crippen molar-refractivity contribution in [3.8, 4) is 0 Å². The van der Waals surface area contributed by atoms with E-state index in [9.17, 15) is 9.59 Å². The number of ether oxygens (including phenoxy) is 1. The molecular formula is C16H22N2O3. The fraction of sp³-hybridized carbons (Fsp3) is 0.500. The van der Waals surface area contributed by atoms with Crippen LogP contribution in [0.3, 0.4) is 0 Å². The molecule has 0 unspecified atom stereocenters. The molecule has 21 heavy (non-hydrogen) atoms. The van der Waals surface area contributed by atoms with Crippen LogP contribution in [0.4, 0.5) is 0 Å². The summed E-state index contributed by atoms with van der Waals surface area (Å²) in [4.78, 5) is 25.4. The molecule has 0 aromatic heterocycles. The molecule has 1 aliphatic rings. The van der Waals surface area contributed by atoms with E-state index in [2.05, 4.69) is 5.32 Å². The van der Waals surface area contributed by atoms with Crippen molar-refractivity contribution < 1.29 is 14.3 Å². The Kier molecular flexibility index (Phi) is 5.75. The summed E-state index contributed by atoms with van der Waals surface area (Å²) in [5.74, 6) is -0.126. The van der Waals surface area contributed by atoms with Crippen LogP contribution in [0.15, 0.2) is 24.3 Å². The molecule has 0 radical (unpaired) electrons. The van der Waals surface area contributed by atoms with E-state index in [0.717, 1.165) is 5.56 Å². The highest BCUT2D eigenvalue weighted by molar-refractivity contribution is 5.84. The first-order chi connectivity index (χ1) is 10.1. The Labute approximate surface area is 125 Å². The second-order valence-electron chi connectivity index (χ2n) is 5.26. The number of nitrogens with zero attached hydrogens (tertiary/aromatic N) is 1. The molecule has 114 valence electrons. The molecule has 0 spiro atoms. The monoisotopic (exact) mass is 290 g/mol. The average molecular weight is 290 g/mol. The van der Waals surface area contributed by atoms with Crippen molar-refractivity contribution >= 4 is 11.8 Å². The SMILES string of the molecule is Cc1ccc(CCC(=O)NCC(=O)N2CCOCC2)cc1. The molecule has 0 atom stereocenters. The minimum Gasteiger partial charge on any atom is -0.378 e. The van der Waals surface area contributed by atoms with Crippen molar-refractivity contribution in [2.75, 3.05) is 32.8 Å². The van der Waals surface area contributed by atoms with E-state index < -0.39 is 0 Å². The van der Waals surface area contributed by atoms with Gasteiger partial charge >= 0.3 is 0 Å². The summed E-state index contributed by atoms with van der Waals surface area (Å²) < 4.78 is 5.19. The van der Waals surface area contributed by atoms with Crippen LogP contribution >= 0.6 is 0 Å². The molecule has 5 heteroatoms. The predicted octanol–water partition coefficient (Wildman–Crippen LogP) is 0.903. The van der Waals surface area contributed by atoms with Crippen molar-refractivity contribution in [1.29, 1.82) is 0 Å². The lowest BCUT2D eigenvalue weighted by Crippen LogP contribution is -2.45. The summed E-state index contributed by atoms with van der Waals surface area (Å²) in [7, 11) is 0. The van der Waals surface area contributed by atoms with Crippen molar-refractivity contribution in [3.05, 3.63) is 35.4 Å². The highest BCUT2D eigenvalue weighted by atomic mass is 16.5. The molecule has 2 amide bonds. The van der Waals surface area contributed by atoms with Gasteiger partial charge in [0.05, 0.1) is 19.8 Å². The largest absolute Gasteiger partial charge is 0.378 e. The van der Waals surface area contributed by atoms with Crippen LogP contribution in [-0.2, 0) is 20.7 Å². The van der Waals surface area contributed by atoms with Crippen LogP contribution in [0.1, 0.15) is 17.5 Å². The van der Waals surface area contributed by atoms with Gasteiger partial charge in [-0.25, -0.2) is 0 Å². The predicted molar refractivity (Wildman–Crippen MR) is 79.9 cm³/mol. The topological polar surface area (TPSA) is 58.6 Å². The minimum absolute atomic E-state index is 0.0398. The lowest BCUT2D eigenvalue weighted by molar-refractivity contribution is -0.136. The molecule has 1 saturated heterocycles. The Bertz CT molecular complexity index is 479. The fourth-order valence-electron chi connectivity index (χ4n) is 2.20. The van der Waals surface area contributed by atoms with Crippen molar-refractivity contribution in [3.63, 3.8) is 0 Å². The molecule has 1 fully saturated rings. The number of carbonyl (C=O) groups excluding carboxylic acids is 2. The maximum atomic E-state index is 11.9. The van der Waals surface area contributed by atoms with Crippen molar-refractivity contribution in [1.82, 2.24) is 10.2 Å². The van der Waals surface area contributed by atoms with Gasteiger partial charge in [0, 0.05) is 19.5 Å². The summed E-state index contributed by atoms with van der Waals surface area (Å²) in [5.41, 5.74) is 2.34. The zero-order valence-corrected chi connectivity index (χ0v) is 12.4. The first kappa shape index (κ1) is 15.5. The third-order valence-electron chi connectivity index (χ3n) is 3.56. The van der Waals surface area contributed by atoms with Gasteiger partial charge in [-0.15, -0.1) is 0 Å². The highest BCUT2D eigenvalue weighted by Crippen LogP contribution is 2.05. The fourth-order valence-corrected chi connectivity index (χ4v) is 2.20. The normalized spacial score (nSPS) is 14.8. The van der Waals surface area contributed by atoms with Gasteiger partial charge < -0.3 is 15.0 Å². The van der Waals surface area contributed by atoms with Crippen LogP contribution in [0.5, 0.6) is 0 Å². The zero-order valence-electron chi connectivity index (χ0n) is 12.4. The van der Waals surface area contributed by atoms with Gasteiger partial charge in [0.1, 0.15) is 0 Å². The molecule has 5 nitrogen and oxygen atoms in total. The van der Waals surface area contributed by atoms with Crippen LogP contribution in [0.2, 0.25) is 0 Å². The van der Waals surface area contributed by atoms with E-state index in [-0.39, 0.29) is 18.4 Å². The van der Waals surface area contributed by atoms with Crippen molar-refractivity contribution in [2.45, 2.75) is 19.8 Å². The van der Waals surface area contributed by atoms with Crippen LogP contribution < -0.4 is 5.32 Å². The number of amides is 2. The Morgan fingerprint density at radius 3 is 2.52 bits per heavy atom. The van der Waals surface area contributed by atoms with Gasteiger partial charge in [0.25, 0.3) is 0 Å². The average Bonchev–Trinajstić information content (AvgIpc) is 2.53. The summed E-state index contributed by atoms with van der Waals surface area (Å²) in [5, 5.41) is 2.69. The minimum atomic E-state index is -0.0859. The number of aryl methyl sites for hydroxylation is 2. The first-order valence-corrected chi connectivity index (χ1v) is 7.33. The quantitative estimate of drug-likeness (QED) is 0.876. The van der Waals surface area contributed by atoms with E-state index in [0.29, 0.717) is 39.1 Å². The van der Waals surface area contributed by atoms with Gasteiger partial charge in [-0.05, 0) is 18.9 Å². The van der Waals surface area contributed by atoms with Gasteiger partial charge in [-0.2, -0.15) is 0 Å². The van der Waals surface area contributed by atoms with Gasteiger partial charge in [0.15, 0.2) is 0 Å². The van der Waals surface area contributed by atoms with E-state index in [1.54, 1.807) is 4.90 Å². The lowest BCUT2D eigenvalue weighted by Gasteiger charge is -2.26. The third-order valence-corrected chi connectivity index (χ3v) is 3.56. The molecule has 0 saturated carbocycles. The maximum Gasteiger partial charge on any atom is 0.242 e. The lowest BCUT2D eigenvalue weighted by atomic mass is 10.1. The van der Waals surface area contributed by atoms with Gasteiger partial charge in [-0.3, -0.25) is 9.59 Å². The smallest absolute Gasteiger partial charge is 0.242 e. The Balaban J connectivity index is 1.67.